The van der Waals surface area contributed by atoms with Crippen LogP contribution < -0.4 is 0 Å². The number of hydrogen-bond acceptors (Lipinski definition) is 4. The Bertz CT molecular complexity index is 3420. The van der Waals surface area contributed by atoms with Crippen LogP contribution in [0.15, 0.2) is 199 Å². The molecule has 0 unspecified atom stereocenters. The minimum atomic E-state index is -0.364. The quantitative estimate of drug-likeness (QED) is 0.175. The van der Waals surface area contributed by atoms with Crippen LogP contribution in [0.4, 0.5) is 0 Å². The standard InChI is InChI=1S/C55H39N3O2/c1-55(2,40-20-7-4-8-21-40)41-31-38(30-39(32-41)52-51-45-33-36-18-9-10-19-37(36)34-50(45)60-49(51)28-29-56-52)43-24-15-26-47-53(43)57-54(44-23-12-14-27-48(44)59)58(47)46-25-13-11-22-42(46)35-16-5-3-6-17-35/h3-34,59H,1-2H3. The first-order chi connectivity index (χ1) is 29.4. The van der Waals surface area contributed by atoms with Crippen molar-refractivity contribution in [2.45, 2.75) is 19.3 Å². The number of nitrogens with zero attached hydrogens (tertiary/aromatic N) is 3. The van der Waals surface area contributed by atoms with Crippen LogP contribution in [0.2, 0.25) is 0 Å². The van der Waals surface area contributed by atoms with E-state index in [2.05, 4.69) is 170 Å². The number of furan rings is 1. The van der Waals surface area contributed by atoms with Crippen LogP contribution in [-0.4, -0.2) is 19.6 Å². The van der Waals surface area contributed by atoms with Gasteiger partial charge in [-0.1, -0.05) is 147 Å². The van der Waals surface area contributed by atoms with Crippen LogP contribution in [0.1, 0.15) is 25.0 Å². The van der Waals surface area contributed by atoms with Crippen molar-refractivity contribution in [3.63, 3.8) is 0 Å². The molecule has 0 aliphatic carbocycles. The van der Waals surface area contributed by atoms with E-state index < -0.39 is 0 Å². The highest BCUT2D eigenvalue weighted by atomic mass is 16.3. The molecule has 0 aliphatic heterocycles. The summed E-state index contributed by atoms with van der Waals surface area (Å²) in [6.07, 6.45) is 1.85. The number of benzene rings is 8. The van der Waals surface area contributed by atoms with Gasteiger partial charge in [0.05, 0.1) is 33.4 Å². The van der Waals surface area contributed by atoms with Crippen molar-refractivity contribution >= 4 is 43.7 Å². The Morgan fingerprint density at radius 1 is 0.533 bits per heavy atom. The van der Waals surface area contributed by atoms with Gasteiger partial charge in [0, 0.05) is 33.7 Å². The zero-order chi connectivity index (χ0) is 40.4. The Morgan fingerprint density at radius 3 is 2.00 bits per heavy atom. The number of rotatable bonds is 7. The summed E-state index contributed by atoms with van der Waals surface area (Å²) < 4.78 is 8.73. The lowest BCUT2D eigenvalue weighted by Gasteiger charge is -2.27. The van der Waals surface area contributed by atoms with Crippen LogP contribution >= 0.6 is 0 Å². The second-order valence-corrected chi connectivity index (χ2v) is 16.0. The van der Waals surface area contributed by atoms with Crippen molar-refractivity contribution in [1.29, 1.82) is 0 Å². The van der Waals surface area contributed by atoms with Gasteiger partial charge >= 0.3 is 0 Å². The van der Waals surface area contributed by atoms with Crippen molar-refractivity contribution in [3.05, 3.63) is 205 Å². The van der Waals surface area contributed by atoms with E-state index >= 15 is 0 Å². The van der Waals surface area contributed by atoms with Crippen LogP contribution in [0.25, 0.3) is 94.3 Å². The predicted molar refractivity (Wildman–Crippen MR) is 246 cm³/mol. The summed E-state index contributed by atoms with van der Waals surface area (Å²) in [7, 11) is 0. The third kappa shape index (κ3) is 5.77. The molecular formula is C55H39N3O2. The normalized spacial score (nSPS) is 11.9. The third-order valence-corrected chi connectivity index (χ3v) is 12.0. The molecule has 0 spiro atoms. The molecule has 60 heavy (non-hydrogen) atoms. The second kappa shape index (κ2) is 14.0. The van der Waals surface area contributed by atoms with Gasteiger partial charge in [-0.3, -0.25) is 9.55 Å². The highest BCUT2D eigenvalue weighted by Crippen LogP contribution is 2.44. The number of fused-ring (bicyclic) bond motifs is 5. The number of aromatic hydroxyl groups is 1. The van der Waals surface area contributed by atoms with Gasteiger partial charge in [0.25, 0.3) is 0 Å². The molecule has 0 saturated carbocycles. The fourth-order valence-electron chi connectivity index (χ4n) is 8.88. The molecule has 0 atom stereocenters. The Labute approximate surface area is 347 Å². The summed E-state index contributed by atoms with van der Waals surface area (Å²) >= 11 is 0. The number of hydrogen-bond donors (Lipinski definition) is 1. The molecule has 0 fully saturated rings. The molecule has 0 aliphatic rings. The van der Waals surface area contributed by atoms with Crippen molar-refractivity contribution in [2.24, 2.45) is 0 Å². The lowest BCUT2D eigenvalue weighted by atomic mass is 9.76. The summed E-state index contributed by atoms with van der Waals surface area (Å²) in [5.41, 5.74) is 13.0. The van der Waals surface area contributed by atoms with Gasteiger partial charge in [-0.15, -0.1) is 0 Å². The molecule has 0 saturated heterocycles. The van der Waals surface area contributed by atoms with Crippen molar-refractivity contribution in [2.75, 3.05) is 0 Å². The average molecular weight is 774 g/mol. The first-order valence-corrected chi connectivity index (χ1v) is 20.3. The molecule has 11 aromatic rings. The van der Waals surface area contributed by atoms with E-state index in [1.807, 2.05) is 36.5 Å². The average Bonchev–Trinajstić information content (AvgIpc) is 3.87. The van der Waals surface area contributed by atoms with Crippen molar-refractivity contribution in [1.82, 2.24) is 14.5 Å². The maximum absolute atomic E-state index is 11.4. The molecule has 286 valence electrons. The summed E-state index contributed by atoms with van der Waals surface area (Å²) in [4.78, 5) is 10.6. The molecule has 8 aromatic carbocycles. The van der Waals surface area contributed by atoms with E-state index in [1.54, 1.807) is 6.07 Å². The Hall–Kier alpha value is -7.76. The summed E-state index contributed by atoms with van der Waals surface area (Å²) in [5.74, 6) is 0.824. The van der Waals surface area contributed by atoms with E-state index in [4.69, 9.17) is 14.4 Å². The van der Waals surface area contributed by atoms with Crippen LogP contribution in [0.3, 0.4) is 0 Å². The van der Waals surface area contributed by atoms with E-state index in [1.165, 1.54) is 5.56 Å². The number of phenols is 1. The van der Waals surface area contributed by atoms with Crippen LogP contribution in [-0.2, 0) is 5.41 Å². The maximum atomic E-state index is 11.4. The lowest BCUT2D eigenvalue weighted by Crippen LogP contribution is -2.19. The van der Waals surface area contributed by atoms with Crippen LogP contribution in [0, 0.1) is 0 Å². The largest absolute Gasteiger partial charge is 0.507 e. The first kappa shape index (κ1) is 35.4. The molecule has 3 aromatic heterocycles. The molecule has 3 heterocycles. The van der Waals surface area contributed by atoms with E-state index in [-0.39, 0.29) is 11.2 Å². The molecule has 1 N–H and O–H groups in total. The number of phenolic OH excluding ortho intramolecular Hbond substituents is 1. The lowest BCUT2D eigenvalue weighted by molar-refractivity contribution is 0.477. The Morgan fingerprint density at radius 2 is 1.20 bits per heavy atom. The van der Waals surface area contributed by atoms with Gasteiger partial charge in [-0.05, 0) is 87.6 Å². The summed E-state index contributed by atoms with van der Waals surface area (Å²) in [5, 5.41) is 15.7. The number of pyridine rings is 1. The minimum absolute atomic E-state index is 0.168. The summed E-state index contributed by atoms with van der Waals surface area (Å²) in [6, 6.07) is 64.9. The van der Waals surface area contributed by atoms with Gasteiger partial charge in [-0.25, -0.2) is 4.98 Å². The molecule has 0 radical (unpaired) electrons. The van der Waals surface area contributed by atoms with Gasteiger partial charge in [0.2, 0.25) is 0 Å². The highest BCUT2D eigenvalue weighted by molar-refractivity contribution is 6.15. The van der Waals surface area contributed by atoms with Gasteiger partial charge < -0.3 is 9.52 Å². The summed E-state index contributed by atoms with van der Waals surface area (Å²) in [6.45, 7) is 4.56. The smallest absolute Gasteiger partial charge is 0.149 e. The number of aromatic nitrogens is 3. The fraction of sp³-hybridized carbons (Fsp3) is 0.0545. The fourth-order valence-corrected chi connectivity index (χ4v) is 8.88. The first-order valence-electron chi connectivity index (χ1n) is 20.3. The number of imidazole rings is 1. The minimum Gasteiger partial charge on any atom is -0.507 e. The molecule has 5 nitrogen and oxygen atoms in total. The topological polar surface area (TPSA) is 64.1 Å². The van der Waals surface area contributed by atoms with Gasteiger partial charge in [0.1, 0.15) is 22.7 Å². The highest BCUT2D eigenvalue weighted by Gasteiger charge is 2.27. The van der Waals surface area contributed by atoms with Crippen molar-refractivity contribution in [3.8, 4) is 56.3 Å². The molecule has 5 heteroatoms. The zero-order valence-electron chi connectivity index (χ0n) is 33.2. The second-order valence-electron chi connectivity index (χ2n) is 16.0. The van der Waals surface area contributed by atoms with E-state index in [0.717, 1.165) is 88.5 Å². The van der Waals surface area contributed by atoms with E-state index in [0.29, 0.717) is 11.4 Å². The maximum Gasteiger partial charge on any atom is 0.149 e. The van der Waals surface area contributed by atoms with Crippen molar-refractivity contribution < 1.29 is 9.52 Å². The SMILES string of the molecule is CC(C)(c1ccccc1)c1cc(-c2cccc3c2nc(-c2ccccc2O)n3-c2ccccc2-c2ccccc2)cc(-c2nccc3oc4cc5ccccc5cc4c23)c1. The zero-order valence-corrected chi connectivity index (χ0v) is 33.2. The van der Waals surface area contributed by atoms with Gasteiger partial charge in [0.15, 0.2) is 0 Å². The number of para-hydroxylation sites is 3. The Balaban J connectivity index is 1.20. The molecule has 0 amide bonds. The molecule has 0 bridgehead atoms. The Kier molecular flexibility index (Phi) is 8.24. The predicted octanol–water partition coefficient (Wildman–Crippen LogP) is 14.2. The van der Waals surface area contributed by atoms with Gasteiger partial charge in [-0.2, -0.15) is 0 Å². The van der Waals surface area contributed by atoms with Crippen LogP contribution in [0.5, 0.6) is 5.75 Å². The molecular weight excluding hydrogens is 735 g/mol. The van der Waals surface area contributed by atoms with E-state index in [9.17, 15) is 5.11 Å². The monoisotopic (exact) mass is 773 g/mol. The third-order valence-electron chi connectivity index (χ3n) is 12.0. The molecule has 11 rings (SSSR count).